The first kappa shape index (κ1) is 17.8. The van der Waals surface area contributed by atoms with Crippen LogP contribution in [0.1, 0.15) is 36.3 Å². The summed E-state index contributed by atoms with van der Waals surface area (Å²) in [7, 11) is 0. The number of anilines is 2. The van der Waals surface area contributed by atoms with E-state index in [2.05, 4.69) is 18.3 Å². The van der Waals surface area contributed by atoms with Crippen LogP contribution in [0.15, 0.2) is 29.2 Å². The molecular weight excluding hydrogens is 350 g/mol. The molecule has 4 nitrogen and oxygen atoms in total. The van der Waals surface area contributed by atoms with Crippen LogP contribution in [0.5, 0.6) is 0 Å². The Labute approximate surface area is 156 Å². The molecule has 1 aromatic heterocycles. The molecule has 1 aromatic carbocycles. The molecule has 0 aliphatic heterocycles. The van der Waals surface area contributed by atoms with Gasteiger partial charge in [-0.2, -0.15) is 5.26 Å². The number of amides is 1. The molecule has 1 heterocycles. The highest BCUT2D eigenvalue weighted by atomic mass is 32.2. The zero-order valence-corrected chi connectivity index (χ0v) is 16.0. The Hall–Kier alpha value is -1.97. The summed E-state index contributed by atoms with van der Waals surface area (Å²) < 4.78 is 0. The molecule has 1 aliphatic carbocycles. The van der Waals surface area contributed by atoms with Crippen LogP contribution in [0.4, 0.5) is 10.7 Å². The topological polar surface area (TPSA) is 78.9 Å². The van der Waals surface area contributed by atoms with Crippen molar-refractivity contribution in [2.75, 3.05) is 11.1 Å². The summed E-state index contributed by atoms with van der Waals surface area (Å²) in [5.74, 6) is 0.551. The fourth-order valence-corrected chi connectivity index (χ4v) is 5.32. The quantitative estimate of drug-likeness (QED) is 0.615. The zero-order valence-electron chi connectivity index (χ0n) is 14.3. The smallest absolute Gasteiger partial charge is 0.238 e. The Morgan fingerprint density at radius 1 is 1.52 bits per heavy atom. The number of carbonyl (C=O) groups is 1. The number of carbonyl (C=O) groups excluding carboxylic acids is 1. The van der Waals surface area contributed by atoms with Crippen molar-refractivity contribution in [3.63, 3.8) is 0 Å². The molecule has 0 spiro atoms. The number of benzene rings is 1. The molecule has 25 heavy (non-hydrogen) atoms. The number of nitrogens with two attached hydrogens (primary N) is 1. The Morgan fingerprint density at radius 3 is 3.04 bits per heavy atom. The van der Waals surface area contributed by atoms with Gasteiger partial charge in [-0.1, -0.05) is 13.0 Å². The molecule has 2 atom stereocenters. The fourth-order valence-electron chi connectivity index (χ4n) is 3.02. The fraction of sp³-hybridized carbons (Fsp3) is 0.368. The van der Waals surface area contributed by atoms with Gasteiger partial charge in [0.2, 0.25) is 5.91 Å². The van der Waals surface area contributed by atoms with Crippen molar-refractivity contribution in [2.24, 2.45) is 5.92 Å². The van der Waals surface area contributed by atoms with E-state index in [-0.39, 0.29) is 11.2 Å². The Bertz CT molecular complexity index is 838. The highest BCUT2D eigenvalue weighted by Gasteiger charge is 2.25. The van der Waals surface area contributed by atoms with Crippen LogP contribution in [0.2, 0.25) is 0 Å². The van der Waals surface area contributed by atoms with Crippen LogP contribution in [0.3, 0.4) is 0 Å². The van der Waals surface area contributed by atoms with E-state index < -0.39 is 0 Å². The first-order valence-corrected chi connectivity index (χ1v) is 10.0. The maximum atomic E-state index is 12.6. The number of rotatable bonds is 4. The molecule has 1 aliphatic rings. The summed E-state index contributed by atoms with van der Waals surface area (Å²) in [6.45, 7) is 4.10. The normalized spacial score (nSPS) is 17.4. The van der Waals surface area contributed by atoms with Gasteiger partial charge in [-0.05, 0) is 55.9 Å². The van der Waals surface area contributed by atoms with Gasteiger partial charge in [0, 0.05) is 15.5 Å². The van der Waals surface area contributed by atoms with Gasteiger partial charge in [0.15, 0.2) is 0 Å². The van der Waals surface area contributed by atoms with Crippen molar-refractivity contribution in [3.05, 3.63) is 40.3 Å². The first-order valence-electron chi connectivity index (χ1n) is 8.35. The minimum atomic E-state index is -0.272. The van der Waals surface area contributed by atoms with Crippen molar-refractivity contribution >= 4 is 39.7 Å². The Kier molecular flexibility index (Phi) is 5.36. The van der Waals surface area contributed by atoms with Gasteiger partial charge in [0.05, 0.1) is 10.8 Å². The summed E-state index contributed by atoms with van der Waals surface area (Å²) in [5.41, 5.74) is 8.27. The third-order valence-corrected chi connectivity index (χ3v) is 6.66. The number of nitrogens with one attached hydrogen (secondary N) is 1. The van der Waals surface area contributed by atoms with Crippen LogP contribution >= 0.6 is 23.1 Å². The molecule has 2 aromatic rings. The predicted octanol–water partition coefficient (Wildman–Crippen LogP) is 4.45. The minimum Gasteiger partial charge on any atom is -0.399 e. The van der Waals surface area contributed by atoms with E-state index in [9.17, 15) is 10.1 Å². The summed E-state index contributed by atoms with van der Waals surface area (Å²) in [6, 6.07) is 9.80. The van der Waals surface area contributed by atoms with Crippen LogP contribution in [0.25, 0.3) is 0 Å². The molecule has 0 saturated heterocycles. The van der Waals surface area contributed by atoms with Crippen LogP contribution in [-0.2, 0) is 17.6 Å². The van der Waals surface area contributed by atoms with Gasteiger partial charge in [-0.25, -0.2) is 0 Å². The van der Waals surface area contributed by atoms with E-state index >= 15 is 0 Å². The summed E-state index contributed by atoms with van der Waals surface area (Å²) >= 11 is 3.02. The van der Waals surface area contributed by atoms with Crippen LogP contribution < -0.4 is 11.1 Å². The SMILES string of the molecule is CC1CCc2c(sc(NC(=O)C(C)Sc3cccc(N)c3)c2C#N)C1. The van der Waals surface area contributed by atoms with Crippen molar-refractivity contribution in [3.8, 4) is 6.07 Å². The van der Waals surface area contributed by atoms with E-state index in [1.165, 1.54) is 16.6 Å². The summed E-state index contributed by atoms with van der Waals surface area (Å²) in [5, 5.41) is 12.9. The molecule has 3 N–H and O–H groups in total. The lowest BCUT2D eigenvalue weighted by atomic mass is 9.89. The second-order valence-corrected chi connectivity index (χ2v) is 9.01. The number of nitrogen functional groups attached to an aromatic ring is 1. The maximum absolute atomic E-state index is 12.6. The lowest BCUT2D eigenvalue weighted by Gasteiger charge is -2.17. The van der Waals surface area contributed by atoms with Crippen molar-refractivity contribution in [2.45, 2.75) is 43.3 Å². The molecule has 0 bridgehead atoms. The zero-order chi connectivity index (χ0) is 18.0. The number of thioether (sulfide) groups is 1. The second-order valence-electron chi connectivity index (χ2n) is 6.49. The summed E-state index contributed by atoms with van der Waals surface area (Å²) in [6.07, 6.45) is 3.03. The molecular formula is C19H21N3OS2. The molecule has 6 heteroatoms. The molecule has 1 amide bonds. The lowest BCUT2D eigenvalue weighted by molar-refractivity contribution is -0.115. The van der Waals surface area contributed by atoms with Crippen molar-refractivity contribution < 1.29 is 4.79 Å². The number of hydrogen-bond donors (Lipinski definition) is 2. The lowest BCUT2D eigenvalue weighted by Crippen LogP contribution is -2.22. The predicted molar refractivity (Wildman–Crippen MR) is 105 cm³/mol. The van der Waals surface area contributed by atoms with Gasteiger partial charge in [-0.15, -0.1) is 23.1 Å². The molecule has 130 valence electrons. The standard InChI is InChI=1S/C19H21N3OS2/c1-11-6-7-15-16(10-20)19(25-17(15)8-11)22-18(23)12(2)24-14-5-3-4-13(21)9-14/h3-5,9,11-12H,6-8,21H2,1-2H3,(H,22,23). The van der Waals surface area contributed by atoms with Gasteiger partial charge in [0.25, 0.3) is 0 Å². The maximum Gasteiger partial charge on any atom is 0.238 e. The van der Waals surface area contributed by atoms with Gasteiger partial charge >= 0.3 is 0 Å². The van der Waals surface area contributed by atoms with E-state index in [4.69, 9.17) is 5.73 Å². The average Bonchev–Trinajstić information content (AvgIpc) is 2.90. The highest BCUT2D eigenvalue weighted by molar-refractivity contribution is 8.00. The molecule has 3 rings (SSSR count). The van der Waals surface area contributed by atoms with Crippen molar-refractivity contribution in [1.29, 1.82) is 5.26 Å². The second kappa shape index (κ2) is 7.51. The Balaban J connectivity index is 1.73. The molecule has 0 fully saturated rings. The summed E-state index contributed by atoms with van der Waals surface area (Å²) in [4.78, 5) is 14.8. The molecule has 2 unspecified atom stereocenters. The monoisotopic (exact) mass is 371 g/mol. The third kappa shape index (κ3) is 4.00. The average molecular weight is 372 g/mol. The first-order chi connectivity index (χ1) is 12.0. The van der Waals surface area contributed by atoms with Crippen molar-refractivity contribution in [1.82, 2.24) is 0 Å². The largest absolute Gasteiger partial charge is 0.399 e. The van der Waals surface area contributed by atoms with E-state index in [1.807, 2.05) is 31.2 Å². The van der Waals surface area contributed by atoms with E-state index in [0.717, 1.165) is 29.7 Å². The van der Waals surface area contributed by atoms with E-state index in [0.29, 0.717) is 22.2 Å². The highest BCUT2D eigenvalue weighted by Crippen LogP contribution is 2.39. The third-order valence-electron chi connectivity index (χ3n) is 4.40. The number of hydrogen-bond acceptors (Lipinski definition) is 5. The van der Waals surface area contributed by atoms with E-state index in [1.54, 1.807) is 11.3 Å². The number of nitrogens with zero attached hydrogens (tertiary/aromatic N) is 1. The number of thiophene rings is 1. The molecule has 0 saturated carbocycles. The van der Waals surface area contributed by atoms with Crippen LogP contribution in [-0.4, -0.2) is 11.2 Å². The van der Waals surface area contributed by atoms with Gasteiger partial charge in [0.1, 0.15) is 11.1 Å². The number of nitriles is 1. The minimum absolute atomic E-state index is 0.0874. The van der Waals surface area contributed by atoms with Crippen LogP contribution in [0, 0.1) is 17.2 Å². The number of fused-ring (bicyclic) bond motifs is 1. The van der Waals surface area contributed by atoms with Gasteiger partial charge < -0.3 is 11.1 Å². The molecule has 0 radical (unpaired) electrons. The Morgan fingerprint density at radius 2 is 2.32 bits per heavy atom. The van der Waals surface area contributed by atoms with Gasteiger partial charge in [-0.3, -0.25) is 4.79 Å².